The highest BCUT2D eigenvalue weighted by Crippen LogP contribution is 2.37. The Morgan fingerprint density at radius 3 is 2.47 bits per heavy atom. The monoisotopic (exact) mass is 274 g/mol. The van der Waals surface area contributed by atoms with Gasteiger partial charge in [0.25, 0.3) is 0 Å². The number of hydrogen-bond donors (Lipinski definition) is 0. The quantitative estimate of drug-likeness (QED) is 0.780. The van der Waals surface area contributed by atoms with E-state index in [0.29, 0.717) is 6.04 Å². The maximum atomic E-state index is 4.25. The van der Waals surface area contributed by atoms with Gasteiger partial charge in [-0.2, -0.15) is 0 Å². The van der Waals surface area contributed by atoms with E-state index in [1.165, 1.54) is 44.3 Å². The zero-order valence-corrected chi connectivity index (χ0v) is 11.6. The van der Waals surface area contributed by atoms with Gasteiger partial charge in [0.2, 0.25) is 0 Å². The fraction of sp³-hybridized carbons (Fsp3) is 0.615. The summed E-state index contributed by atoms with van der Waals surface area (Å²) in [6.45, 7) is 2.59. The molecule has 0 saturated carbocycles. The van der Waals surface area contributed by atoms with Crippen LogP contribution >= 0.6 is 24.8 Å². The number of hydrogen-bond acceptors (Lipinski definition) is 2. The first-order chi connectivity index (χ1) is 7.43. The molecule has 4 rings (SSSR count). The van der Waals surface area contributed by atoms with E-state index < -0.39 is 0 Å². The van der Waals surface area contributed by atoms with Crippen molar-refractivity contribution in [2.45, 2.75) is 31.7 Å². The molecule has 1 aromatic heterocycles. The lowest BCUT2D eigenvalue weighted by Crippen LogP contribution is -2.33. The average Bonchev–Trinajstić information content (AvgIpc) is 2.63. The van der Waals surface area contributed by atoms with Gasteiger partial charge in [0, 0.05) is 18.4 Å². The molecule has 1 atom stereocenters. The zero-order chi connectivity index (χ0) is 10.1. The van der Waals surface area contributed by atoms with E-state index >= 15 is 0 Å². The molecular weight excluding hydrogens is 255 g/mol. The topological polar surface area (TPSA) is 16.1 Å². The Labute approximate surface area is 116 Å². The number of rotatable bonds is 1. The fourth-order valence-corrected chi connectivity index (χ4v) is 3.08. The lowest BCUT2D eigenvalue weighted by atomic mass is 9.95. The Kier molecular flexibility index (Phi) is 5.71. The van der Waals surface area contributed by atoms with Crippen molar-refractivity contribution in [3.8, 4) is 0 Å². The first-order valence-corrected chi connectivity index (χ1v) is 6.07. The number of nitrogens with zero attached hydrogens (tertiary/aromatic N) is 2. The molecule has 4 heterocycles. The van der Waals surface area contributed by atoms with Crippen molar-refractivity contribution >= 4 is 24.8 Å². The van der Waals surface area contributed by atoms with Crippen LogP contribution in [-0.2, 0) is 0 Å². The van der Waals surface area contributed by atoms with Gasteiger partial charge in [0.15, 0.2) is 0 Å². The van der Waals surface area contributed by atoms with Crippen LogP contribution in [0.3, 0.4) is 0 Å². The van der Waals surface area contributed by atoms with Crippen LogP contribution in [0.25, 0.3) is 0 Å². The van der Waals surface area contributed by atoms with Crippen molar-refractivity contribution < 1.29 is 0 Å². The average molecular weight is 275 g/mol. The van der Waals surface area contributed by atoms with Crippen molar-refractivity contribution in [2.75, 3.05) is 13.1 Å². The second-order valence-corrected chi connectivity index (χ2v) is 4.86. The molecule has 0 N–H and O–H groups in total. The minimum absolute atomic E-state index is 0. The van der Waals surface area contributed by atoms with Gasteiger partial charge < -0.3 is 0 Å². The first kappa shape index (κ1) is 14.7. The Morgan fingerprint density at radius 2 is 1.82 bits per heavy atom. The largest absolute Gasteiger partial charge is 0.296 e. The molecule has 0 amide bonds. The molecule has 0 aliphatic carbocycles. The molecule has 17 heavy (non-hydrogen) atoms. The number of halogens is 2. The predicted molar refractivity (Wildman–Crippen MR) is 75.0 cm³/mol. The Balaban J connectivity index is 0.000000722. The van der Waals surface area contributed by atoms with Crippen molar-refractivity contribution in [3.63, 3.8) is 0 Å². The smallest absolute Gasteiger partial charge is 0.0363 e. The third-order valence-corrected chi connectivity index (χ3v) is 4.01. The van der Waals surface area contributed by atoms with Crippen LogP contribution in [0.5, 0.6) is 0 Å². The van der Waals surface area contributed by atoms with Crippen LogP contribution in [0.2, 0.25) is 0 Å². The standard InChI is InChI=1S/C13H18N2.2ClH/c1-2-12(10-14-7-1)13-4-3-11-5-8-15(13)9-6-11;;/h1-2,7,10-11,13H,3-6,8-9H2;2*1H/t13-;;/m1../s1. The predicted octanol–water partition coefficient (Wildman–Crippen LogP) is 3.47. The van der Waals surface area contributed by atoms with Crippen LogP contribution in [0.4, 0.5) is 0 Å². The summed E-state index contributed by atoms with van der Waals surface area (Å²) >= 11 is 0. The maximum absolute atomic E-state index is 4.25. The van der Waals surface area contributed by atoms with Crippen molar-refractivity contribution in [3.05, 3.63) is 30.1 Å². The van der Waals surface area contributed by atoms with Crippen LogP contribution in [0.1, 0.15) is 37.3 Å². The van der Waals surface area contributed by atoms with Crippen LogP contribution in [0.15, 0.2) is 24.5 Å². The Morgan fingerprint density at radius 1 is 1.06 bits per heavy atom. The minimum atomic E-state index is 0. The van der Waals surface area contributed by atoms with Crippen molar-refractivity contribution in [2.24, 2.45) is 5.92 Å². The van der Waals surface area contributed by atoms with Gasteiger partial charge in [-0.15, -0.1) is 24.8 Å². The van der Waals surface area contributed by atoms with Crippen LogP contribution in [0, 0.1) is 5.92 Å². The highest BCUT2D eigenvalue weighted by Gasteiger charge is 2.30. The molecule has 4 heteroatoms. The molecule has 3 saturated heterocycles. The van der Waals surface area contributed by atoms with Gasteiger partial charge in [0.1, 0.15) is 0 Å². The number of pyridine rings is 1. The highest BCUT2D eigenvalue weighted by molar-refractivity contribution is 5.85. The number of piperidine rings is 1. The summed E-state index contributed by atoms with van der Waals surface area (Å²) in [5.41, 5.74) is 1.42. The van der Waals surface area contributed by atoms with Gasteiger partial charge in [-0.1, -0.05) is 6.07 Å². The summed E-state index contributed by atoms with van der Waals surface area (Å²) in [7, 11) is 0. The molecule has 0 radical (unpaired) electrons. The third kappa shape index (κ3) is 3.12. The second kappa shape index (κ2) is 6.58. The normalized spacial score (nSPS) is 30.9. The summed E-state index contributed by atoms with van der Waals surface area (Å²) < 4.78 is 0. The number of fused-ring (bicyclic) bond motifs is 4. The van der Waals surface area contributed by atoms with Crippen molar-refractivity contribution in [1.29, 1.82) is 0 Å². The third-order valence-electron chi connectivity index (χ3n) is 4.01. The van der Waals surface area contributed by atoms with Crippen LogP contribution in [-0.4, -0.2) is 23.0 Å². The van der Waals surface area contributed by atoms with E-state index in [0.717, 1.165) is 5.92 Å². The van der Waals surface area contributed by atoms with Gasteiger partial charge in [-0.05, 0) is 56.3 Å². The maximum Gasteiger partial charge on any atom is 0.0363 e. The lowest BCUT2D eigenvalue weighted by Gasteiger charge is -2.32. The first-order valence-electron chi connectivity index (χ1n) is 6.07. The molecule has 0 spiro atoms. The summed E-state index contributed by atoms with van der Waals surface area (Å²) in [6.07, 6.45) is 9.48. The zero-order valence-electron chi connectivity index (χ0n) is 9.92. The Hall–Kier alpha value is -0.310. The highest BCUT2D eigenvalue weighted by atomic mass is 35.5. The molecule has 96 valence electrons. The van der Waals surface area contributed by atoms with E-state index in [9.17, 15) is 0 Å². The summed E-state index contributed by atoms with van der Waals surface area (Å²) in [5, 5.41) is 0. The number of aromatic nitrogens is 1. The molecule has 3 fully saturated rings. The lowest BCUT2D eigenvalue weighted by molar-refractivity contribution is 0.170. The minimum Gasteiger partial charge on any atom is -0.296 e. The fourth-order valence-electron chi connectivity index (χ4n) is 3.08. The van der Waals surface area contributed by atoms with E-state index in [1.807, 2.05) is 12.4 Å². The van der Waals surface area contributed by atoms with E-state index in [2.05, 4.69) is 22.0 Å². The van der Waals surface area contributed by atoms with E-state index in [4.69, 9.17) is 0 Å². The molecule has 3 aliphatic heterocycles. The van der Waals surface area contributed by atoms with Gasteiger partial charge in [-0.25, -0.2) is 0 Å². The van der Waals surface area contributed by atoms with Crippen LogP contribution < -0.4 is 0 Å². The van der Waals surface area contributed by atoms with Crippen molar-refractivity contribution in [1.82, 2.24) is 9.88 Å². The van der Waals surface area contributed by atoms with Gasteiger partial charge in [0.05, 0.1) is 0 Å². The summed E-state index contributed by atoms with van der Waals surface area (Å²) in [5.74, 6) is 1.00. The summed E-state index contributed by atoms with van der Waals surface area (Å²) in [4.78, 5) is 6.90. The molecule has 3 aliphatic rings. The van der Waals surface area contributed by atoms with E-state index in [1.54, 1.807) is 0 Å². The van der Waals surface area contributed by atoms with Gasteiger partial charge in [-0.3, -0.25) is 9.88 Å². The second-order valence-electron chi connectivity index (χ2n) is 4.86. The molecule has 1 aromatic rings. The van der Waals surface area contributed by atoms with E-state index in [-0.39, 0.29) is 24.8 Å². The SMILES string of the molecule is Cl.Cl.c1cncc([C@H]2CCC3CCN2CC3)c1. The molecule has 2 bridgehead atoms. The van der Waals surface area contributed by atoms with Gasteiger partial charge >= 0.3 is 0 Å². The molecular formula is C13H20Cl2N2. The molecule has 0 aromatic carbocycles. The summed E-state index contributed by atoms with van der Waals surface area (Å²) in [6, 6.07) is 4.94. The molecule has 0 unspecified atom stereocenters. The Bertz CT molecular complexity index is 323. The molecule has 2 nitrogen and oxygen atoms in total.